The number of nitrogens with one attached hydrogen (secondary N) is 2. The number of pyridine rings is 1. The molecular formula is C55H68N10O5. The summed E-state index contributed by atoms with van der Waals surface area (Å²) in [5, 5.41) is 6.16. The van der Waals surface area contributed by atoms with Gasteiger partial charge in [0.2, 0.25) is 29.5 Å². The molecule has 7 fully saturated rings. The Bertz CT molecular complexity index is 2700. The number of nitrogens with zero attached hydrogens (tertiary/aromatic N) is 8. The van der Waals surface area contributed by atoms with Gasteiger partial charge >= 0.3 is 0 Å². The summed E-state index contributed by atoms with van der Waals surface area (Å²) in [5.74, 6) is 0.272. The number of fused-ring (bicyclic) bond motifs is 3. The summed E-state index contributed by atoms with van der Waals surface area (Å²) in [7, 11) is 0. The zero-order valence-corrected chi connectivity index (χ0v) is 40.9. The molecule has 2 aromatic heterocycles. The van der Waals surface area contributed by atoms with Gasteiger partial charge in [-0.1, -0.05) is 30.7 Å². The van der Waals surface area contributed by atoms with Gasteiger partial charge in [-0.05, 0) is 139 Å². The fourth-order valence-electron chi connectivity index (χ4n) is 13.2. The number of aromatic nitrogens is 3. The highest BCUT2D eigenvalue weighted by Gasteiger charge is 2.56. The molecule has 2 N–H and O–H groups in total. The van der Waals surface area contributed by atoms with Crippen LogP contribution in [0.25, 0.3) is 22.3 Å². The molecular weight excluding hydrogens is 881 g/mol. The first-order valence-electron chi connectivity index (χ1n) is 26.6. The Balaban J connectivity index is 0.712. The van der Waals surface area contributed by atoms with Crippen molar-refractivity contribution in [3.05, 3.63) is 66.0 Å². The first-order valence-corrected chi connectivity index (χ1v) is 26.6. The molecule has 368 valence electrons. The Kier molecular flexibility index (Phi) is 11.7. The second kappa shape index (κ2) is 18.1. The van der Waals surface area contributed by atoms with Crippen molar-refractivity contribution in [2.45, 2.75) is 139 Å². The molecule has 2 aromatic carbocycles. The minimum absolute atomic E-state index is 0.0749. The lowest BCUT2D eigenvalue weighted by Crippen LogP contribution is -2.58. The third-order valence-electron chi connectivity index (χ3n) is 17.6. The molecule has 8 aliphatic rings. The van der Waals surface area contributed by atoms with Crippen LogP contribution in [0.15, 0.2) is 54.9 Å². The number of hydrogen-bond donors (Lipinski definition) is 2. The third-order valence-corrected chi connectivity index (χ3v) is 17.6. The first kappa shape index (κ1) is 45.3. The van der Waals surface area contributed by atoms with Crippen LogP contribution in [-0.2, 0) is 29.4 Å². The highest BCUT2D eigenvalue weighted by atomic mass is 16.2. The summed E-state index contributed by atoms with van der Waals surface area (Å²) in [4.78, 5) is 88.6. The molecule has 1 spiro atoms. The van der Waals surface area contributed by atoms with E-state index in [0.29, 0.717) is 70.4 Å². The van der Waals surface area contributed by atoms with Crippen molar-refractivity contribution in [1.29, 1.82) is 0 Å². The van der Waals surface area contributed by atoms with E-state index >= 15 is 4.79 Å². The molecule has 12 rings (SSSR count). The number of amides is 5. The fraction of sp³-hybridized carbons (Fsp3) is 0.582. The molecule has 5 amide bonds. The molecule has 2 aliphatic carbocycles. The van der Waals surface area contributed by atoms with Crippen LogP contribution in [0.1, 0.15) is 127 Å². The molecule has 8 heterocycles. The van der Waals surface area contributed by atoms with E-state index < -0.39 is 5.41 Å². The lowest BCUT2D eigenvalue weighted by molar-refractivity contribution is -0.140. The maximum Gasteiger partial charge on any atom is 0.238 e. The van der Waals surface area contributed by atoms with Crippen molar-refractivity contribution in [3.8, 4) is 11.3 Å². The van der Waals surface area contributed by atoms with Crippen molar-refractivity contribution >= 4 is 57.8 Å². The number of benzene rings is 2. The zero-order chi connectivity index (χ0) is 47.8. The summed E-state index contributed by atoms with van der Waals surface area (Å²) in [6.45, 7) is 10.2. The average Bonchev–Trinajstić information content (AvgIpc) is 3.75. The van der Waals surface area contributed by atoms with E-state index in [2.05, 4.69) is 68.0 Å². The van der Waals surface area contributed by atoms with Gasteiger partial charge in [0.05, 0.1) is 34.8 Å². The lowest BCUT2D eigenvalue weighted by atomic mass is 9.73. The number of rotatable bonds is 10. The van der Waals surface area contributed by atoms with E-state index in [0.717, 1.165) is 115 Å². The number of piperidine rings is 4. The minimum Gasteiger partial charge on any atom is -0.371 e. The van der Waals surface area contributed by atoms with Crippen LogP contribution in [0, 0.1) is 11.8 Å². The molecule has 2 atom stereocenters. The molecule has 15 nitrogen and oxygen atoms in total. The van der Waals surface area contributed by atoms with E-state index in [4.69, 9.17) is 9.97 Å². The van der Waals surface area contributed by atoms with E-state index in [9.17, 15) is 19.2 Å². The molecule has 6 aliphatic heterocycles. The predicted molar refractivity (Wildman–Crippen MR) is 268 cm³/mol. The lowest BCUT2D eigenvalue weighted by Gasteiger charge is -2.48. The number of hydrogen-bond acceptors (Lipinski definition) is 10. The zero-order valence-electron chi connectivity index (χ0n) is 40.9. The molecule has 1 unspecified atom stereocenters. The van der Waals surface area contributed by atoms with Gasteiger partial charge in [0.1, 0.15) is 5.52 Å². The number of carbonyl (C=O) groups is 5. The van der Waals surface area contributed by atoms with Crippen LogP contribution in [0.2, 0.25) is 0 Å². The van der Waals surface area contributed by atoms with Gasteiger partial charge in [0.25, 0.3) is 0 Å². The number of likely N-dealkylation sites (tertiary alicyclic amines) is 3. The third kappa shape index (κ3) is 8.13. The van der Waals surface area contributed by atoms with E-state index in [1.54, 1.807) is 0 Å². The second-order valence-electron chi connectivity index (χ2n) is 22.2. The van der Waals surface area contributed by atoms with Gasteiger partial charge < -0.3 is 34.4 Å². The first-order chi connectivity index (χ1) is 34.0. The van der Waals surface area contributed by atoms with Crippen molar-refractivity contribution in [3.63, 3.8) is 0 Å². The maximum absolute atomic E-state index is 15.2. The Morgan fingerprint density at radius 3 is 2.21 bits per heavy atom. The summed E-state index contributed by atoms with van der Waals surface area (Å²) in [5.41, 5.74) is 7.18. The van der Waals surface area contributed by atoms with Gasteiger partial charge in [-0.3, -0.25) is 29.3 Å². The van der Waals surface area contributed by atoms with Crippen LogP contribution >= 0.6 is 0 Å². The predicted octanol–water partition coefficient (Wildman–Crippen LogP) is 6.76. The van der Waals surface area contributed by atoms with Gasteiger partial charge in [0.15, 0.2) is 5.82 Å². The molecule has 15 heteroatoms. The molecule has 0 bridgehead atoms. The fourth-order valence-corrected chi connectivity index (χ4v) is 13.2. The Hall–Kier alpha value is -5.83. The normalized spacial score (nSPS) is 26.3. The Morgan fingerprint density at radius 1 is 0.771 bits per heavy atom. The van der Waals surface area contributed by atoms with E-state index in [1.807, 2.05) is 40.4 Å². The number of carbonyl (C=O) groups excluding carboxylic acids is 5. The van der Waals surface area contributed by atoms with Crippen LogP contribution in [0.5, 0.6) is 0 Å². The topological polar surface area (TPSA) is 156 Å². The van der Waals surface area contributed by atoms with Crippen LogP contribution in [0.3, 0.4) is 0 Å². The molecule has 2 saturated carbocycles. The van der Waals surface area contributed by atoms with Crippen LogP contribution in [-0.4, -0.2) is 129 Å². The largest absolute Gasteiger partial charge is 0.371 e. The summed E-state index contributed by atoms with van der Waals surface area (Å²) < 4.78 is 2.20. The number of anilines is 3. The van der Waals surface area contributed by atoms with Crippen molar-refractivity contribution in [1.82, 2.24) is 34.6 Å². The molecule has 4 aromatic rings. The molecule has 70 heavy (non-hydrogen) atoms. The number of imidazole rings is 1. The Morgan fingerprint density at radius 2 is 1.50 bits per heavy atom. The van der Waals surface area contributed by atoms with Gasteiger partial charge in [0, 0.05) is 92.7 Å². The monoisotopic (exact) mass is 949 g/mol. The van der Waals surface area contributed by atoms with Crippen LogP contribution < -0.4 is 20.4 Å². The summed E-state index contributed by atoms with van der Waals surface area (Å²) >= 11 is 0. The highest BCUT2D eigenvalue weighted by molar-refractivity contribution is 6.09. The van der Waals surface area contributed by atoms with Crippen molar-refractivity contribution in [2.24, 2.45) is 11.8 Å². The summed E-state index contributed by atoms with van der Waals surface area (Å²) in [6, 6.07) is 18.0. The average molecular weight is 949 g/mol. The van der Waals surface area contributed by atoms with Crippen molar-refractivity contribution in [2.75, 3.05) is 67.5 Å². The smallest absolute Gasteiger partial charge is 0.238 e. The van der Waals surface area contributed by atoms with E-state index in [-0.39, 0.29) is 59.4 Å². The van der Waals surface area contributed by atoms with Crippen LogP contribution in [0.4, 0.5) is 17.2 Å². The van der Waals surface area contributed by atoms with Gasteiger partial charge in [-0.15, -0.1) is 0 Å². The second-order valence-corrected chi connectivity index (χ2v) is 22.2. The standard InChI is InChI=1S/C55H68N10O5/c1-34(2)64-33-56-46-31-45(58-50(49(46)64)57-39-9-10-39)37-8-14-44-47(28-37)65(42-29-41(30-42)60-21-4-3-5-22-60)54(70)55(44)19-26-62(27-20-55)53(69)38-18-25-63(32-38)52(68)36-16-23-61(24-17-36)40-11-6-35(7-12-40)43-13-15-48(66)59-51(43)67/h6-8,11-12,14,28,31,33-34,36,38-39,41-43H,3-5,9-10,13,15-27,29-30,32H2,1-2H3,(H,57,58)(H,59,66,67)/t38-,41?,42?,43?/m1/s1. The van der Waals surface area contributed by atoms with Crippen molar-refractivity contribution < 1.29 is 24.0 Å². The Labute approximate surface area is 410 Å². The minimum atomic E-state index is -0.685. The van der Waals surface area contributed by atoms with E-state index in [1.165, 1.54) is 19.3 Å². The maximum atomic E-state index is 15.2. The summed E-state index contributed by atoms with van der Waals surface area (Å²) in [6.07, 6.45) is 14.2. The van der Waals surface area contributed by atoms with Gasteiger partial charge in [-0.25, -0.2) is 9.97 Å². The quantitative estimate of drug-likeness (QED) is 0.163. The van der Waals surface area contributed by atoms with Gasteiger partial charge in [-0.2, -0.15) is 0 Å². The molecule has 5 saturated heterocycles. The molecule has 0 radical (unpaired) electrons. The SMILES string of the molecule is CC(C)n1cnc2cc(-c3ccc4c(c3)N(C3CC(N5CCCCC5)C3)C(=O)C43CCN(C(=O)[C@@H]4CCN(C(=O)C5CCN(c6ccc(C7CCC(=O)NC7=O)cc6)CC5)C4)CC3)nc(NC3CC3)c21. The number of imide groups is 1. The highest BCUT2D eigenvalue weighted by Crippen LogP contribution is 2.52.